The lowest BCUT2D eigenvalue weighted by Gasteiger charge is -2.29. The molecule has 2 heterocycles. The van der Waals surface area contributed by atoms with Crippen LogP contribution in [0.15, 0.2) is 18.2 Å². The van der Waals surface area contributed by atoms with Crippen LogP contribution in [-0.4, -0.2) is 58.6 Å². The Kier molecular flexibility index (Phi) is 9.42. The number of fused-ring (bicyclic) bond motifs is 1. The van der Waals surface area contributed by atoms with Crippen molar-refractivity contribution in [2.75, 3.05) is 13.2 Å². The molecule has 0 unspecified atom stereocenters. The summed E-state index contributed by atoms with van der Waals surface area (Å²) < 4.78 is 10.9. The molecule has 4 N–H and O–H groups in total. The highest BCUT2D eigenvalue weighted by atomic mass is 16.6. The molecule has 2 aliphatic heterocycles. The van der Waals surface area contributed by atoms with E-state index in [0.717, 1.165) is 36.8 Å². The fourth-order valence-electron chi connectivity index (χ4n) is 5.59. The quantitative estimate of drug-likeness (QED) is 0.411. The highest BCUT2D eigenvalue weighted by Crippen LogP contribution is 2.35. The van der Waals surface area contributed by atoms with E-state index in [4.69, 9.17) is 20.9 Å². The molecule has 0 bridgehead atoms. The van der Waals surface area contributed by atoms with Crippen LogP contribution in [0.3, 0.4) is 0 Å². The molecule has 0 aromatic heterocycles. The van der Waals surface area contributed by atoms with Gasteiger partial charge in [0, 0.05) is 25.9 Å². The molecule has 2 atom stereocenters. The third-order valence-corrected chi connectivity index (χ3v) is 7.66. The van der Waals surface area contributed by atoms with Crippen molar-refractivity contribution < 1.29 is 28.7 Å². The molecule has 1 fully saturated rings. The zero-order valence-electron chi connectivity index (χ0n) is 24.9. The number of rotatable bonds is 10. The minimum absolute atomic E-state index is 0.133. The van der Waals surface area contributed by atoms with E-state index in [9.17, 15) is 19.2 Å². The Bertz CT molecular complexity index is 1130. The molecule has 222 valence electrons. The van der Waals surface area contributed by atoms with E-state index in [2.05, 4.69) is 19.9 Å². The van der Waals surface area contributed by atoms with E-state index in [1.807, 2.05) is 32.9 Å². The molecule has 0 saturated carbocycles. The minimum atomic E-state index is -1.01. The molecule has 40 heavy (non-hydrogen) atoms. The van der Waals surface area contributed by atoms with E-state index >= 15 is 0 Å². The van der Waals surface area contributed by atoms with Crippen molar-refractivity contribution in [1.29, 1.82) is 0 Å². The summed E-state index contributed by atoms with van der Waals surface area (Å²) in [6, 6.07) is 5.34. The smallest absolute Gasteiger partial charge is 0.410 e. The second kappa shape index (κ2) is 12.1. The number of carbonyl (C=O) groups excluding carboxylic acids is 4. The molecule has 0 spiro atoms. The average Bonchev–Trinajstić information content (AvgIpc) is 3.42. The van der Waals surface area contributed by atoms with E-state index in [0.29, 0.717) is 19.7 Å². The van der Waals surface area contributed by atoms with Crippen LogP contribution in [-0.2, 0) is 38.6 Å². The summed E-state index contributed by atoms with van der Waals surface area (Å²) in [5.74, 6) is -0.762. The van der Waals surface area contributed by atoms with Crippen LogP contribution < -0.4 is 11.5 Å². The molecule has 1 aromatic rings. The van der Waals surface area contributed by atoms with Crippen molar-refractivity contribution >= 4 is 24.0 Å². The molecular formula is C30H46N4O6. The fraction of sp³-hybridized carbons (Fsp3) is 0.667. The Balaban J connectivity index is 1.58. The monoisotopic (exact) mass is 558 g/mol. The maximum Gasteiger partial charge on any atom is 0.410 e. The standard InChI is InChI=1S/C30H46N4O6/c1-28(2,3)15-24(35)34-18-30(6,14-23(34)25(31)36)40-27(38)33-16-21-12-9-11-20(22(21)17-33)10-7-8-13-29(4,5)19-39-26(32)37/h9,11-12,23H,7-8,10,13-19H2,1-6H3,(H2,31,36)(H2,32,37)/t23-,30+/m0/s1. The number of amides is 4. The number of primary amides is 2. The van der Waals surface area contributed by atoms with E-state index < -0.39 is 29.7 Å². The molecule has 3 rings (SSSR count). The number of unbranched alkanes of at least 4 members (excludes halogenated alkanes) is 1. The van der Waals surface area contributed by atoms with E-state index in [1.165, 1.54) is 10.5 Å². The first-order valence-corrected chi connectivity index (χ1v) is 14.1. The SMILES string of the molecule is CC(C)(C)CC(=O)N1C[C@](C)(OC(=O)N2Cc3cccc(CCCCC(C)(C)COC(N)=O)c3C2)C[C@H]1C(N)=O. The van der Waals surface area contributed by atoms with Crippen LogP contribution in [0, 0.1) is 10.8 Å². The first-order chi connectivity index (χ1) is 18.5. The van der Waals surface area contributed by atoms with Gasteiger partial charge in [-0.3, -0.25) is 14.5 Å². The van der Waals surface area contributed by atoms with Gasteiger partial charge in [-0.05, 0) is 53.7 Å². The van der Waals surface area contributed by atoms with Gasteiger partial charge in [0.1, 0.15) is 11.6 Å². The number of nitrogens with zero attached hydrogens (tertiary/aromatic N) is 2. The van der Waals surface area contributed by atoms with Gasteiger partial charge < -0.3 is 25.8 Å². The number of hydrogen-bond donors (Lipinski definition) is 2. The van der Waals surface area contributed by atoms with Crippen LogP contribution in [0.4, 0.5) is 9.59 Å². The topological polar surface area (TPSA) is 145 Å². The van der Waals surface area contributed by atoms with Crippen molar-refractivity contribution in [2.24, 2.45) is 22.3 Å². The second-order valence-corrected chi connectivity index (χ2v) is 13.6. The molecule has 10 heteroatoms. The maximum absolute atomic E-state index is 13.3. The van der Waals surface area contributed by atoms with Crippen molar-refractivity contribution in [3.8, 4) is 0 Å². The Morgan fingerprint density at radius 3 is 2.38 bits per heavy atom. The maximum atomic E-state index is 13.3. The summed E-state index contributed by atoms with van der Waals surface area (Å²) in [4.78, 5) is 52.5. The number of hydrogen-bond acceptors (Lipinski definition) is 6. The lowest BCUT2D eigenvalue weighted by atomic mass is 9.87. The fourth-order valence-corrected chi connectivity index (χ4v) is 5.59. The third kappa shape index (κ3) is 8.35. The van der Waals surface area contributed by atoms with Crippen molar-refractivity contribution in [3.05, 3.63) is 34.9 Å². The lowest BCUT2D eigenvalue weighted by molar-refractivity contribution is -0.139. The molecular weight excluding hydrogens is 512 g/mol. The number of likely N-dealkylation sites (tertiary alicyclic amines) is 1. The van der Waals surface area contributed by atoms with Gasteiger partial charge >= 0.3 is 12.2 Å². The summed E-state index contributed by atoms with van der Waals surface area (Å²) >= 11 is 0. The van der Waals surface area contributed by atoms with Crippen molar-refractivity contribution in [2.45, 2.75) is 105 Å². The average molecular weight is 559 g/mol. The molecule has 1 aromatic carbocycles. The van der Waals surface area contributed by atoms with Gasteiger partial charge in [0.25, 0.3) is 0 Å². The predicted molar refractivity (Wildman–Crippen MR) is 151 cm³/mol. The normalized spacial score (nSPS) is 20.8. The zero-order valence-corrected chi connectivity index (χ0v) is 24.9. The highest BCUT2D eigenvalue weighted by molar-refractivity contribution is 5.88. The van der Waals surface area contributed by atoms with Gasteiger partial charge in [-0.15, -0.1) is 0 Å². The van der Waals surface area contributed by atoms with Gasteiger partial charge in [-0.1, -0.05) is 59.2 Å². The summed E-state index contributed by atoms with van der Waals surface area (Å²) in [6.45, 7) is 13.1. The Morgan fingerprint density at radius 1 is 1.05 bits per heavy atom. The second-order valence-electron chi connectivity index (χ2n) is 13.6. The first kappa shape index (κ1) is 31.2. The van der Waals surface area contributed by atoms with Gasteiger partial charge in [0.05, 0.1) is 13.2 Å². The summed E-state index contributed by atoms with van der Waals surface area (Å²) in [5.41, 5.74) is 12.8. The molecule has 10 nitrogen and oxygen atoms in total. The van der Waals surface area contributed by atoms with Crippen LogP contribution in [0.25, 0.3) is 0 Å². The number of benzene rings is 1. The van der Waals surface area contributed by atoms with Crippen LogP contribution >= 0.6 is 0 Å². The number of aryl methyl sites for hydroxylation is 1. The van der Waals surface area contributed by atoms with Gasteiger partial charge in [0.2, 0.25) is 11.8 Å². The lowest BCUT2D eigenvalue weighted by Crippen LogP contribution is -2.45. The number of carbonyl (C=O) groups is 4. The number of nitrogens with two attached hydrogens (primary N) is 2. The van der Waals surface area contributed by atoms with Gasteiger partial charge in [0.15, 0.2) is 0 Å². The summed E-state index contributed by atoms with van der Waals surface area (Å²) in [5, 5.41) is 0. The summed E-state index contributed by atoms with van der Waals surface area (Å²) in [6.07, 6.45) is 2.93. The minimum Gasteiger partial charge on any atom is -0.449 e. The van der Waals surface area contributed by atoms with Gasteiger partial charge in [-0.25, -0.2) is 9.59 Å². The molecule has 0 aliphatic carbocycles. The third-order valence-electron chi connectivity index (χ3n) is 7.66. The predicted octanol–water partition coefficient (Wildman–Crippen LogP) is 4.25. The van der Waals surface area contributed by atoms with Crippen LogP contribution in [0.2, 0.25) is 0 Å². The number of ether oxygens (including phenoxy) is 2. The van der Waals surface area contributed by atoms with Crippen LogP contribution in [0.5, 0.6) is 0 Å². The Hall–Kier alpha value is -3.30. The zero-order chi connectivity index (χ0) is 29.9. The van der Waals surface area contributed by atoms with Crippen LogP contribution in [0.1, 0.15) is 90.3 Å². The largest absolute Gasteiger partial charge is 0.449 e. The molecule has 1 saturated heterocycles. The molecule has 4 amide bonds. The Morgan fingerprint density at radius 2 is 1.75 bits per heavy atom. The van der Waals surface area contributed by atoms with Gasteiger partial charge in [-0.2, -0.15) is 0 Å². The van der Waals surface area contributed by atoms with E-state index in [-0.39, 0.29) is 36.1 Å². The van der Waals surface area contributed by atoms with Crippen molar-refractivity contribution in [3.63, 3.8) is 0 Å². The molecule has 2 aliphatic rings. The van der Waals surface area contributed by atoms with Crippen molar-refractivity contribution in [1.82, 2.24) is 9.80 Å². The summed E-state index contributed by atoms with van der Waals surface area (Å²) in [7, 11) is 0. The molecule has 0 radical (unpaired) electrons. The Labute approximate surface area is 237 Å². The first-order valence-electron chi connectivity index (χ1n) is 14.1. The van der Waals surface area contributed by atoms with E-state index in [1.54, 1.807) is 11.8 Å². The highest BCUT2D eigenvalue weighted by Gasteiger charge is 2.49.